The summed E-state index contributed by atoms with van der Waals surface area (Å²) in [6, 6.07) is 7.92. The van der Waals surface area contributed by atoms with Crippen LogP contribution in [0.3, 0.4) is 0 Å². The summed E-state index contributed by atoms with van der Waals surface area (Å²) in [4.78, 5) is 19.6. The minimum absolute atomic E-state index is 0.0453. The maximum Gasteiger partial charge on any atom is 0.255 e. The molecule has 0 atom stereocenters. The van der Waals surface area contributed by atoms with Crippen LogP contribution < -0.4 is 10.3 Å². The zero-order chi connectivity index (χ0) is 15.9. The molecule has 0 amide bonds. The Morgan fingerprint density at radius 3 is 2.82 bits per heavy atom. The third-order valence-electron chi connectivity index (χ3n) is 3.36. The number of aromatic amines is 1. The third kappa shape index (κ3) is 4.13. The normalized spacial score (nSPS) is 10.7. The van der Waals surface area contributed by atoms with Gasteiger partial charge in [-0.1, -0.05) is 37.7 Å². The van der Waals surface area contributed by atoms with Crippen LogP contribution in [0.15, 0.2) is 34.2 Å². The van der Waals surface area contributed by atoms with E-state index in [1.807, 2.05) is 37.4 Å². The lowest BCUT2D eigenvalue weighted by molar-refractivity contribution is 0.317. The van der Waals surface area contributed by atoms with Gasteiger partial charge in [0.25, 0.3) is 5.56 Å². The number of hydrogen-bond acceptors (Lipinski definition) is 4. The van der Waals surface area contributed by atoms with Gasteiger partial charge in [0.1, 0.15) is 5.75 Å². The first-order valence-corrected chi connectivity index (χ1v) is 8.78. The van der Waals surface area contributed by atoms with Gasteiger partial charge in [-0.2, -0.15) is 0 Å². The largest absolute Gasteiger partial charge is 0.494 e. The number of benzene rings is 1. The minimum Gasteiger partial charge on any atom is -0.494 e. The lowest BCUT2D eigenvalue weighted by atomic mass is 10.0. The standard InChI is InChI=1S/C17H22N2O2S/c1-4-9-21-13-8-6-7-12(10-13)11-14-15(5-2)18-17(22-3)19-16(14)20/h6-8,10H,4-5,9,11H2,1-3H3,(H,18,19,20). The lowest BCUT2D eigenvalue weighted by Gasteiger charge is -2.10. The van der Waals surface area contributed by atoms with Crippen molar-refractivity contribution < 1.29 is 4.74 Å². The Labute approximate surface area is 135 Å². The number of hydrogen-bond donors (Lipinski definition) is 1. The summed E-state index contributed by atoms with van der Waals surface area (Å²) in [5, 5.41) is 0.672. The van der Waals surface area contributed by atoms with Crippen molar-refractivity contribution in [2.45, 2.75) is 38.3 Å². The maximum atomic E-state index is 12.3. The van der Waals surface area contributed by atoms with E-state index in [-0.39, 0.29) is 5.56 Å². The highest BCUT2D eigenvalue weighted by atomic mass is 32.2. The molecule has 4 nitrogen and oxygen atoms in total. The summed E-state index contributed by atoms with van der Waals surface area (Å²) in [6.45, 7) is 4.81. The molecule has 1 aromatic carbocycles. The predicted octanol–water partition coefficient (Wildman–Crippen LogP) is 3.43. The Morgan fingerprint density at radius 1 is 1.32 bits per heavy atom. The van der Waals surface area contributed by atoms with E-state index in [1.165, 1.54) is 11.8 Å². The van der Waals surface area contributed by atoms with E-state index >= 15 is 0 Å². The van der Waals surface area contributed by atoms with Crippen molar-refractivity contribution in [3.05, 3.63) is 51.4 Å². The Kier molecular flexibility index (Phi) is 6.07. The molecule has 5 heteroatoms. The first-order chi connectivity index (χ1) is 10.7. The Hall–Kier alpha value is -1.75. The minimum atomic E-state index is -0.0453. The second-order valence-electron chi connectivity index (χ2n) is 5.03. The first-order valence-electron chi connectivity index (χ1n) is 7.55. The van der Waals surface area contributed by atoms with Crippen molar-refractivity contribution in [1.29, 1.82) is 0 Å². The number of rotatable bonds is 7. The molecule has 0 saturated heterocycles. The van der Waals surface area contributed by atoms with Gasteiger partial charge in [0, 0.05) is 12.0 Å². The zero-order valence-electron chi connectivity index (χ0n) is 13.3. The van der Waals surface area contributed by atoms with Crippen molar-refractivity contribution in [1.82, 2.24) is 9.97 Å². The molecule has 22 heavy (non-hydrogen) atoms. The van der Waals surface area contributed by atoms with Crippen LogP contribution in [-0.2, 0) is 12.8 Å². The van der Waals surface area contributed by atoms with Crippen molar-refractivity contribution in [3.8, 4) is 5.75 Å². The molecule has 118 valence electrons. The van der Waals surface area contributed by atoms with Crippen LogP contribution in [-0.4, -0.2) is 22.8 Å². The summed E-state index contributed by atoms with van der Waals surface area (Å²) in [7, 11) is 0. The van der Waals surface area contributed by atoms with Crippen molar-refractivity contribution in [2.24, 2.45) is 0 Å². The average Bonchev–Trinajstić information content (AvgIpc) is 2.54. The van der Waals surface area contributed by atoms with Gasteiger partial charge in [-0.25, -0.2) is 4.98 Å². The molecule has 0 saturated carbocycles. The van der Waals surface area contributed by atoms with Crippen LogP contribution in [0.4, 0.5) is 0 Å². The SMILES string of the molecule is CCCOc1cccc(Cc2c(CC)nc(SC)[nH]c2=O)c1. The molecule has 0 fully saturated rings. The maximum absolute atomic E-state index is 12.3. The van der Waals surface area contributed by atoms with E-state index < -0.39 is 0 Å². The molecule has 1 heterocycles. The topological polar surface area (TPSA) is 55.0 Å². The third-order valence-corrected chi connectivity index (χ3v) is 3.94. The first kappa shape index (κ1) is 16.6. The van der Waals surface area contributed by atoms with Gasteiger partial charge in [-0.3, -0.25) is 4.79 Å². The monoisotopic (exact) mass is 318 g/mol. The predicted molar refractivity (Wildman–Crippen MR) is 91.1 cm³/mol. The molecule has 0 unspecified atom stereocenters. The van der Waals surface area contributed by atoms with E-state index in [0.29, 0.717) is 18.2 Å². The van der Waals surface area contributed by atoms with Gasteiger partial charge in [-0.15, -0.1) is 0 Å². The Bertz CT molecular complexity index is 683. The molecule has 2 aromatic rings. The Morgan fingerprint density at radius 2 is 2.14 bits per heavy atom. The number of H-pyrrole nitrogens is 1. The summed E-state index contributed by atoms with van der Waals surface area (Å²) < 4.78 is 5.65. The molecule has 0 bridgehead atoms. The van der Waals surface area contributed by atoms with Crippen molar-refractivity contribution in [3.63, 3.8) is 0 Å². The van der Waals surface area contributed by atoms with Crippen LogP contribution >= 0.6 is 11.8 Å². The molecule has 0 aliphatic carbocycles. The van der Waals surface area contributed by atoms with Crippen LogP contribution in [0.5, 0.6) is 5.75 Å². The van der Waals surface area contributed by atoms with Crippen LogP contribution in [0.1, 0.15) is 37.1 Å². The highest BCUT2D eigenvalue weighted by Crippen LogP contribution is 2.18. The van der Waals surface area contributed by atoms with Gasteiger partial charge in [0.2, 0.25) is 0 Å². The summed E-state index contributed by atoms with van der Waals surface area (Å²) in [5.41, 5.74) is 2.63. The number of ether oxygens (including phenoxy) is 1. The number of aryl methyl sites for hydroxylation is 1. The molecule has 1 N–H and O–H groups in total. The van der Waals surface area contributed by atoms with Crippen LogP contribution in [0.25, 0.3) is 0 Å². The van der Waals surface area contributed by atoms with Crippen molar-refractivity contribution >= 4 is 11.8 Å². The average molecular weight is 318 g/mol. The second-order valence-corrected chi connectivity index (χ2v) is 5.82. The molecule has 1 aromatic heterocycles. The summed E-state index contributed by atoms with van der Waals surface area (Å²) in [5.74, 6) is 0.850. The fraction of sp³-hybridized carbons (Fsp3) is 0.412. The van der Waals surface area contributed by atoms with Crippen LogP contribution in [0, 0.1) is 0 Å². The number of aromatic nitrogens is 2. The number of nitrogens with one attached hydrogen (secondary N) is 1. The fourth-order valence-corrected chi connectivity index (χ4v) is 2.66. The smallest absolute Gasteiger partial charge is 0.255 e. The van der Waals surface area contributed by atoms with Crippen LogP contribution in [0.2, 0.25) is 0 Å². The Balaban J connectivity index is 2.29. The molecule has 0 spiro atoms. The van der Waals surface area contributed by atoms with Gasteiger partial charge >= 0.3 is 0 Å². The second kappa shape index (κ2) is 8.03. The highest BCUT2D eigenvalue weighted by Gasteiger charge is 2.11. The quantitative estimate of drug-likeness (QED) is 0.628. The van der Waals surface area contributed by atoms with Gasteiger partial charge in [-0.05, 0) is 36.8 Å². The summed E-state index contributed by atoms with van der Waals surface area (Å²) in [6.07, 6.45) is 4.21. The zero-order valence-corrected chi connectivity index (χ0v) is 14.1. The molecular weight excluding hydrogens is 296 g/mol. The lowest BCUT2D eigenvalue weighted by Crippen LogP contribution is -2.18. The van der Waals surface area contributed by atoms with Crippen molar-refractivity contribution in [2.75, 3.05) is 12.9 Å². The molecular formula is C17H22N2O2S. The van der Waals surface area contributed by atoms with Gasteiger partial charge in [0.05, 0.1) is 12.3 Å². The van der Waals surface area contributed by atoms with E-state index in [9.17, 15) is 4.79 Å². The van der Waals surface area contributed by atoms with Gasteiger partial charge in [0.15, 0.2) is 5.16 Å². The fourth-order valence-electron chi connectivity index (χ4n) is 2.26. The summed E-state index contributed by atoms with van der Waals surface area (Å²) >= 11 is 1.45. The highest BCUT2D eigenvalue weighted by molar-refractivity contribution is 7.98. The van der Waals surface area contributed by atoms with E-state index in [0.717, 1.165) is 35.4 Å². The molecule has 0 radical (unpaired) electrons. The van der Waals surface area contributed by atoms with E-state index in [4.69, 9.17) is 4.74 Å². The number of nitrogens with zero attached hydrogens (tertiary/aromatic N) is 1. The molecule has 2 rings (SSSR count). The number of thioether (sulfide) groups is 1. The van der Waals surface area contributed by atoms with E-state index in [2.05, 4.69) is 16.9 Å². The van der Waals surface area contributed by atoms with E-state index in [1.54, 1.807) is 0 Å². The van der Waals surface area contributed by atoms with Gasteiger partial charge < -0.3 is 9.72 Å². The molecule has 0 aliphatic heterocycles. The molecule has 0 aliphatic rings.